The highest BCUT2D eigenvalue weighted by Gasteiger charge is 2.07. The van der Waals surface area contributed by atoms with Crippen LogP contribution in [0.5, 0.6) is 0 Å². The van der Waals surface area contributed by atoms with Crippen molar-refractivity contribution >= 4 is 8.03 Å². The van der Waals surface area contributed by atoms with Crippen LogP contribution in [0.4, 0.5) is 0 Å². The van der Waals surface area contributed by atoms with Gasteiger partial charge in [-0.3, -0.25) is 0 Å². The molecule has 3 nitrogen and oxygen atoms in total. The molecular weight excluding hydrogens is 127 g/mol. The first-order valence-corrected chi connectivity index (χ1v) is 3.75. The van der Waals surface area contributed by atoms with Gasteiger partial charge >= 0.3 is 8.03 Å². The van der Waals surface area contributed by atoms with Crippen molar-refractivity contribution in [1.29, 1.82) is 0 Å². The van der Waals surface area contributed by atoms with Crippen LogP contribution in [0.15, 0.2) is 0 Å². The average Bonchev–Trinajstić information content (AvgIpc) is 1.65. The lowest BCUT2D eigenvalue weighted by Gasteiger charge is -1.97. The summed E-state index contributed by atoms with van der Waals surface area (Å²) in [4.78, 5) is 9.89. The Labute approximate surface area is 49.2 Å². The molecule has 4 heteroatoms. The fourth-order valence-electron chi connectivity index (χ4n) is 0.312. The highest BCUT2D eigenvalue weighted by molar-refractivity contribution is 7.36. The van der Waals surface area contributed by atoms with Crippen LogP contribution in [0.3, 0.4) is 0 Å². The van der Waals surface area contributed by atoms with E-state index in [-0.39, 0.29) is 18.7 Å². The summed E-state index contributed by atoms with van der Waals surface area (Å²) >= 11 is 0. The van der Waals surface area contributed by atoms with Crippen molar-refractivity contribution in [2.24, 2.45) is 5.92 Å². The molecule has 0 aliphatic rings. The van der Waals surface area contributed by atoms with Crippen molar-refractivity contribution in [2.75, 3.05) is 12.8 Å². The van der Waals surface area contributed by atoms with Gasteiger partial charge in [-0.15, -0.1) is 0 Å². The topological polar surface area (TPSA) is 60.4 Å². The standard InChI is InChI=1S/C4H9O3P/c1-4(2-5)3-8(6)7/h4-5H,2-3H2,1H3. The number of hydrogen-bond acceptors (Lipinski definition) is 3. The molecule has 1 N–H and O–H groups in total. The van der Waals surface area contributed by atoms with Crippen LogP contribution in [0.1, 0.15) is 6.92 Å². The second kappa shape index (κ2) is 3.96. The molecule has 0 aromatic carbocycles. The van der Waals surface area contributed by atoms with Gasteiger partial charge in [-0.05, 0) is 0 Å². The smallest absolute Gasteiger partial charge is 0.309 e. The molecule has 0 radical (unpaired) electrons. The van der Waals surface area contributed by atoms with E-state index >= 15 is 0 Å². The summed E-state index contributed by atoms with van der Waals surface area (Å²) in [6.07, 6.45) is 0.0891. The van der Waals surface area contributed by atoms with Crippen molar-refractivity contribution in [1.82, 2.24) is 0 Å². The zero-order valence-electron chi connectivity index (χ0n) is 4.70. The van der Waals surface area contributed by atoms with Gasteiger partial charge in [0.05, 0.1) is 0 Å². The lowest BCUT2D eigenvalue weighted by atomic mass is 10.2. The summed E-state index contributed by atoms with van der Waals surface area (Å²) in [6, 6.07) is 0. The molecule has 0 spiro atoms. The molecule has 0 amide bonds. The Bertz CT molecular complexity index is 83.4. The van der Waals surface area contributed by atoms with E-state index in [0.717, 1.165) is 0 Å². The molecule has 2 atom stereocenters. The Balaban J connectivity index is 3.24. The Morgan fingerprint density at radius 1 is 1.88 bits per heavy atom. The molecule has 0 aromatic rings. The largest absolute Gasteiger partial charge is 0.596 e. The van der Waals surface area contributed by atoms with Gasteiger partial charge in [-0.25, -0.2) is 0 Å². The SMILES string of the molecule is CC(CO)C[P+](=O)[O-]. The number of aliphatic hydroxyl groups excluding tert-OH is 1. The normalized spacial score (nSPS) is 15.6. The van der Waals surface area contributed by atoms with Crippen LogP contribution >= 0.6 is 8.03 Å². The minimum Gasteiger partial charge on any atom is -0.596 e. The van der Waals surface area contributed by atoms with Gasteiger partial charge in [0.25, 0.3) is 0 Å². The van der Waals surface area contributed by atoms with Gasteiger partial charge in [0.2, 0.25) is 0 Å². The molecule has 0 heterocycles. The maximum absolute atomic E-state index is 9.89. The first-order valence-electron chi connectivity index (χ1n) is 2.39. The summed E-state index contributed by atoms with van der Waals surface area (Å²) < 4.78 is 9.89. The van der Waals surface area contributed by atoms with Crippen molar-refractivity contribution in [3.8, 4) is 0 Å². The van der Waals surface area contributed by atoms with Crippen LogP contribution in [0, 0.1) is 5.92 Å². The zero-order valence-corrected chi connectivity index (χ0v) is 5.60. The molecule has 0 rings (SSSR count). The Kier molecular flexibility index (Phi) is 3.97. The van der Waals surface area contributed by atoms with Crippen molar-refractivity contribution in [3.63, 3.8) is 0 Å². The summed E-state index contributed by atoms with van der Waals surface area (Å²) in [6.45, 7) is 1.63. The van der Waals surface area contributed by atoms with E-state index in [4.69, 9.17) is 5.11 Å². The van der Waals surface area contributed by atoms with E-state index in [9.17, 15) is 9.46 Å². The summed E-state index contributed by atoms with van der Waals surface area (Å²) in [5.74, 6) is -0.115. The van der Waals surface area contributed by atoms with Gasteiger partial charge in [0, 0.05) is 12.5 Å². The molecule has 0 saturated heterocycles. The lowest BCUT2D eigenvalue weighted by molar-refractivity contribution is -0.164. The number of rotatable bonds is 3. The van der Waals surface area contributed by atoms with Crippen molar-refractivity contribution in [2.45, 2.75) is 6.92 Å². The molecule has 0 bridgehead atoms. The quantitative estimate of drug-likeness (QED) is 0.542. The second-order valence-corrected chi connectivity index (χ2v) is 2.83. The minimum absolute atomic E-state index is 0.0523. The Hall–Kier alpha value is 0.0200. The predicted molar refractivity (Wildman–Crippen MR) is 28.7 cm³/mol. The molecule has 2 unspecified atom stereocenters. The Morgan fingerprint density at radius 3 is 2.50 bits per heavy atom. The zero-order chi connectivity index (χ0) is 6.57. The molecule has 0 aliphatic carbocycles. The van der Waals surface area contributed by atoms with Crippen LogP contribution in [-0.2, 0) is 4.57 Å². The van der Waals surface area contributed by atoms with Crippen molar-refractivity contribution < 1.29 is 14.6 Å². The van der Waals surface area contributed by atoms with Crippen LogP contribution < -0.4 is 4.89 Å². The molecule has 8 heavy (non-hydrogen) atoms. The lowest BCUT2D eigenvalue weighted by Crippen LogP contribution is -2.06. The molecular formula is C4H9O3P. The van der Waals surface area contributed by atoms with E-state index in [0.29, 0.717) is 0 Å². The molecule has 48 valence electrons. The maximum Gasteiger partial charge on any atom is 0.309 e. The monoisotopic (exact) mass is 136 g/mol. The first-order chi connectivity index (χ1) is 3.66. The Morgan fingerprint density at radius 2 is 2.38 bits per heavy atom. The molecule has 0 aliphatic heterocycles. The third-order valence-electron chi connectivity index (χ3n) is 0.772. The van der Waals surface area contributed by atoms with Gasteiger partial charge < -0.3 is 10.00 Å². The third kappa shape index (κ3) is 4.19. The number of hydrogen-bond donors (Lipinski definition) is 1. The summed E-state index contributed by atoms with van der Waals surface area (Å²) in [7, 11) is -2.31. The van der Waals surface area contributed by atoms with E-state index in [1.165, 1.54) is 0 Å². The maximum atomic E-state index is 9.89. The van der Waals surface area contributed by atoms with Gasteiger partial charge in [0.1, 0.15) is 6.16 Å². The van der Waals surface area contributed by atoms with Crippen LogP contribution in [0.2, 0.25) is 0 Å². The van der Waals surface area contributed by atoms with E-state index in [1.54, 1.807) is 6.92 Å². The fraction of sp³-hybridized carbons (Fsp3) is 1.00. The number of aliphatic hydroxyl groups is 1. The summed E-state index contributed by atoms with van der Waals surface area (Å²) in [5.41, 5.74) is 0. The first kappa shape index (κ1) is 8.02. The van der Waals surface area contributed by atoms with Gasteiger partial charge in [0.15, 0.2) is 0 Å². The fourth-order valence-corrected chi connectivity index (χ4v) is 0.937. The van der Waals surface area contributed by atoms with Gasteiger partial charge in [-0.1, -0.05) is 11.5 Å². The van der Waals surface area contributed by atoms with Crippen LogP contribution in [0.25, 0.3) is 0 Å². The molecule has 0 fully saturated rings. The van der Waals surface area contributed by atoms with E-state index in [1.807, 2.05) is 0 Å². The molecule has 0 saturated carbocycles. The molecule has 0 aromatic heterocycles. The predicted octanol–water partition coefficient (Wildman–Crippen LogP) is -0.283. The third-order valence-corrected chi connectivity index (χ3v) is 1.69. The van der Waals surface area contributed by atoms with Crippen LogP contribution in [-0.4, -0.2) is 17.9 Å². The minimum atomic E-state index is -2.31. The highest BCUT2D eigenvalue weighted by Crippen LogP contribution is 2.11. The highest BCUT2D eigenvalue weighted by atomic mass is 31.1. The van der Waals surface area contributed by atoms with E-state index in [2.05, 4.69) is 0 Å². The van der Waals surface area contributed by atoms with Gasteiger partial charge in [-0.2, -0.15) is 0 Å². The average molecular weight is 136 g/mol. The second-order valence-electron chi connectivity index (χ2n) is 1.80. The summed E-state index contributed by atoms with van der Waals surface area (Å²) in [5, 5.41) is 8.32. The van der Waals surface area contributed by atoms with E-state index < -0.39 is 8.03 Å². The van der Waals surface area contributed by atoms with Crippen molar-refractivity contribution in [3.05, 3.63) is 0 Å².